The van der Waals surface area contributed by atoms with Crippen LogP contribution in [0.2, 0.25) is 10.0 Å². The second kappa shape index (κ2) is 19.4. The SMILES string of the molecule is Cc1cc2nc(-c3cnc4cnn(C)c4c3)sc2c(-c2ccc(Cl)cc2)c1[C@@H](CO)OC(C)(C)C.Cc1cc2nc(-c3cnc4cnn(C)c4c3)sc2c(-c2ccc(Cl)cc2)c1[C@H](OC(C)(C)C)C(=O)O. The first kappa shape index (κ1) is 49.8. The predicted molar refractivity (Wildman–Crippen MR) is 286 cm³/mol. The Labute approximate surface area is 428 Å². The Morgan fingerprint density at radius 1 is 0.620 bits per heavy atom. The molecule has 0 saturated carbocycles. The number of ether oxygens (including phenoxy) is 2. The number of rotatable bonds is 10. The Kier molecular flexibility index (Phi) is 13.6. The summed E-state index contributed by atoms with van der Waals surface area (Å²) in [6.07, 6.45) is 5.49. The van der Waals surface area contributed by atoms with Crippen molar-refractivity contribution in [2.24, 2.45) is 14.1 Å². The van der Waals surface area contributed by atoms with E-state index in [4.69, 9.17) is 42.6 Å². The minimum Gasteiger partial charge on any atom is -0.479 e. The van der Waals surface area contributed by atoms with Gasteiger partial charge in [0.2, 0.25) is 0 Å². The summed E-state index contributed by atoms with van der Waals surface area (Å²) in [7, 11) is 3.78. The van der Waals surface area contributed by atoms with Crippen LogP contribution in [-0.2, 0) is 28.4 Å². The fourth-order valence-corrected chi connectivity index (χ4v) is 11.2. The van der Waals surface area contributed by atoms with Gasteiger partial charge in [0, 0.05) is 64.4 Å². The molecule has 0 fully saturated rings. The van der Waals surface area contributed by atoms with Gasteiger partial charge in [-0.05, 0) is 132 Å². The normalized spacial score (nSPS) is 13.0. The van der Waals surface area contributed by atoms with Gasteiger partial charge in [-0.1, -0.05) is 47.5 Å². The molecule has 0 aliphatic rings. The van der Waals surface area contributed by atoms with Crippen LogP contribution < -0.4 is 0 Å². The number of aliphatic carboxylic acids is 1. The van der Waals surface area contributed by atoms with Crippen molar-refractivity contribution >= 4 is 94.3 Å². The first-order chi connectivity index (χ1) is 33.7. The fraction of sp³-hybridized carbons (Fsp3) is 0.278. The second-order valence-electron chi connectivity index (χ2n) is 19.4. The van der Waals surface area contributed by atoms with E-state index in [0.717, 1.165) is 103 Å². The molecule has 71 heavy (non-hydrogen) atoms. The van der Waals surface area contributed by atoms with Crippen LogP contribution in [0.3, 0.4) is 0 Å². The highest BCUT2D eigenvalue weighted by Crippen LogP contribution is 2.46. The summed E-state index contributed by atoms with van der Waals surface area (Å²) in [6, 6.07) is 23.3. The molecule has 17 heteroatoms. The van der Waals surface area contributed by atoms with Crippen molar-refractivity contribution in [3.05, 3.63) is 130 Å². The van der Waals surface area contributed by atoms with E-state index in [9.17, 15) is 15.0 Å². The molecule has 2 atom stereocenters. The lowest BCUT2D eigenvalue weighted by Gasteiger charge is -2.29. The number of carbonyl (C=O) groups is 1. The number of halogens is 2. The van der Waals surface area contributed by atoms with Gasteiger partial charge in [-0.25, -0.2) is 14.8 Å². The fourth-order valence-electron chi connectivity index (χ4n) is 8.71. The number of aromatic nitrogens is 8. The van der Waals surface area contributed by atoms with Crippen molar-refractivity contribution in [2.75, 3.05) is 6.61 Å². The zero-order valence-electron chi connectivity index (χ0n) is 40.9. The number of fused-ring (bicyclic) bond motifs is 4. The van der Waals surface area contributed by atoms with Gasteiger partial charge in [-0.3, -0.25) is 19.3 Å². The van der Waals surface area contributed by atoms with Crippen LogP contribution in [0.15, 0.2) is 97.6 Å². The average Bonchev–Trinajstić information content (AvgIpc) is 4.12. The van der Waals surface area contributed by atoms with Gasteiger partial charge in [0.15, 0.2) is 6.10 Å². The van der Waals surface area contributed by atoms with Crippen LogP contribution >= 0.6 is 45.9 Å². The summed E-state index contributed by atoms with van der Waals surface area (Å²) < 4.78 is 17.9. The van der Waals surface area contributed by atoms with Gasteiger partial charge in [-0.15, -0.1) is 22.7 Å². The van der Waals surface area contributed by atoms with Crippen LogP contribution in [-0.4, -0.2) is 73.5 Å². The maximum atomic E-state index is 12.5. The summed E-state index contributed by atoms with van der Waals surface area (Å²) in [5.41, 5.74) is 13.0. The van der Waals surface area contributed by atoms with E-state index in [2.05, 4.69) is 32.3 Å². The lowest BCUT2D eigenvalue weighted by Crippen LogP contribution is -2.28. The number of hydrogen-bond acceptors (Lipinski definition) is 12. The highest BCUT2D eigenvalue weighted by Gasteiger charge is 2.33. The molecule has 0 unspecified atom stereocenters. The number of pyridine rings is 2. The highest BCUT2D eigenvalue weighted by atomic mass is 35.5. The molecule has 0 spiro atoms. The molecule has 13 nitrogen and oxygen atoms in total. The lowest BCUT2D eigenvalue weighted by atomic mass is 9.91. The largest absolute Gasteiger partial charge is 0.479 e. The third kappa shape index (κ3) is 10.3. The van der Waals surface area contributed by atoms with E-state index in [1.807, 2.05) is 129 Å². The van der Waals surface area contributed by atoms with Gasteiger partial charge in [-0.2, -0.15) is 10.2 Å². The zero-order valence-corrected chi connectivity index (χ0v) is 44.0. The topological polar surface area (TPSA) is 163 Å². The van der Waals surface area contributed by atoms with Crippen LogP contribution in [0, 0.1) is 13.8 Å². The highest BCUT2D eigenvalue weighted by molar-refractivity contribution is 7.22. The summed E-state index contributed by atoms with van der Waals surface area (Å²) in [4.78, 5) is 31.5. The number of carboxylic acid groups (broad SMARTS) is 1. The number of nitrogens with zero attached hydrogens (tertiary/aromatic N) is 8. The van der Waals surface area contributed by atoms with Gasteiger partial charge < -0.3 is 19.7 Å². The van der Waals surface area contributed by atoms with Crippen LogP contribution in [0.1, 0.15) is 76.0 Å². The number of benzene rings is 4. The summed E-state index contributed by atoms with van der Waals surface area (Å²) >= 11 is 15.5. The van der Waals surface area contributed by atoms with Gasteiger partial charge >= 0.3 is 5.97 Å². The molecule has 0 radical (unpaired) electrons. The Hall–Kier alpha value is -6.17. The molecular formula is C54H52Cl2N8O5S2. The van der Waals surface area contributed by atoms with Gasteiger partial charge in [0.1, 0.15) is 27.2 Å². The number of hydrogen-bond donors (Lipinski definition) is 2. The van der Waals surface area contributed by atoms with Crippen molar-refractivity contribution < 1.29 is 24.5 Å². The molecule has 0 bridgehead atoms. The Morgan fingerprint density at radius 3 is 1.45 bits per heavy atom. The third-order valence-electron chi connectivity index (χ3n) is 11.8. The van der Waals surface area contributed by atoms with Gasteiger partial charge in [0.25, 0.3) is 0 Å². The summed E-state index contributed by atoms with van der Waals surface area (Å²) in [5.74, 6) is -1.04. The molecule has 364 valence electrons. The van der Waals surface area contributed by atoms with Crippen molar-refractivity contribution in [1.29, 1.82) is 0 Å². The van der Waals surface area contributed by atoms with Crippen molar-refractivity contribution in [2.45, 2.75) is 78.8 Å². The van der Waals surface area contributed by atoms with Crippen molar-refractivity contribution in [3.8, 4) is 43.4 Å². The van der Waals surface area contributed by atoms with Crippen molar-refractivity contribution in [1.82, 2.24) is 39.5 Å². The van der Waals surface area contributed by atoms with Crippen LogP contribution in [0.25, 0.3) is 85.9 Å². The zero-order chi connectivity index (χ0) is 50.7. The number of aliphatic hydroxyl groups is 1. The molecule has 6 aromatic heterocycles. The maximum absolute atomic E-state index is 12.5. The van der Waals surface area contributed by atoms with Crippen LogP contribution in [0.4, 0.5) is 0 Å². The lowest BCUT2D eigenvalue weighted by molar-refractivity contribution is -0.160. The third-order valence-corrected chi connectivity index (χ3v) is 14.5. The van der Waals surface area contributed by atoms with E-state index in [-0.39, 0.29) is 6.61 Å². The predicted octanol–water partition coefficient (Wildman–Crippen LogP) is 13.5. The molecule has 6 heterocycles. The van der Waals surface area contributed by atoms with Crippen molar-refractivity contribution in [3.63, 3.8) is 0 Å². The average molecular weight is 1030 g/mol. The number of aliphatic hydroxyl groups excluding tert-OH is 1. The quantitative estimate of drug-likeness (QED) is 0.134. The molecule has 0 amide bonds. The molecule has 0 aliphatic carbocycles. The molecule has 10 rings (SSSR count). The maximum Gasteiger partial charge on any atom is 0.337 e. The minimum absolute atomic E-state index is 0.128. The molecule has 2 N–H and O–H groups in total. The monoisotopic (exact) mass is 1030 g/mol. The van der Waals surface area contributed by atoms with Crippen LogP contribution in [0.5, 0.6) is 0 Å². The second-order valence-corrected chi connectivity index (χ2v) is 22.2. The van der Waals surface area contributed by atoms with E-state index in [0.29, 0.717) is 15.6 Å². The van der Waals surface area contributed by atoms with E-state index in [1.54, 1.807) is 46.7 Å². The Balaban J connectivity index is 0.000000176. The Bertz CT molecular complexity index is 3630. The van der Waals surface area contributed by atoms with E-state index in [1.165, 1.54) is 11.3 Å². The number of carboxylic acids is 1. The molecule has 10 aromatic rings. The smallest absolute Gasteiger partial charge is 0.337 e. The van der Waals surface area contributed by atoms with E-state index >= 15 is 0 Å². The first-order valence-electron chi connectivity index (χ1n) is 22.8. The standard InChI is InChI=1S/C27H25ClN4O3S.C27H27ClN4O2S/c1-14-10-18-24(36-25(31-18)16-11-20-19(29-12-16)13-30-32(20)5)22(15-6-8-17(28)9-7-15)21(14)23(26(33)34)35-27(2,3)4;1-15-10-19-25(35-26(31-19)17-11-21-20(29-12-17)13-30-32(21)5)24(16-6-8-18(28)9-7-16)23(15)22(14-33)34-27(2,3)4/h6-13,23H,1-5H3,(H,33,34);6-13,22,33H,14H2,1-5H3/t23-;22-/m01/s1. The molecular weight excluding hydrogens is 976 g/mol. The van der Waals surface area contributed by atoms with E-state index < -0.39 is 29.4 Å². The number of thiazole rings is 2. The molecule has 4 aromatic carbocycles. The number of aryl methyl sites for hydroxylation is 4. The first-order valence-corrected chi connectivity index (χ1v) is 25.2. The molecule has 0 saturated heterocycles. The Morgan fingerprint density at radius 2 is 1.04 bits per heavy atom. The summed E-state index contributed by atoms with van der Waals surface area (Å²) in [5, 5.41) is 32.1. The summed E-state index contributed by atoms with van der Waals surface area (Å²) in [6.45, 7) is 15.4. The molecule has 0 aliphatic heterocycles. The minimum atomic E-state index is -1.15. The van der Waals surface area contributed by atoms with Gasteiger partial charge in [0.05, 0.1) is 61.7 Å².